The standard InChI is InChI=1S/C12H12N4O/c1-13-10-5-3-7-15-11(10)16-12(17)9-4-2-6-14-8-9/h2-8,13H,1H3,(H,15,16,17). The lowest BCUT2D eigenvalue weighted by atomic mass is 10.2. The third-order valence-corrected chi connectivity index (χ3v) is 2.23. The van der Waals surface area contributed by atoms with Crippen molar-refractivity contribution in [2.24, 2.45) is 0 Å². The van der Waals surface area contributed by atoms with Crippen molar-refractivity contribution < 1.29 is 4.79 Å². The van der Waals surface area contributed by atoms with Gasteiger partial charge in [-0.1, -0.05) is 0 Å². The molecule has 2 rings (SSSR count). The van der Waals surface area contributed by atoms with Gasteiger partial charge >= 0.3 is 0 Å². The largest absolute Gasteiger partial charge is 0.385 e. The minimum Gasteiger partial charge on any atom is -0.385 e. The SMILES string of the molecule is CNc1cccnc1NC(=O)c1cccnc1. The van der Waals surface area contributed by atoms with Gasteiger partial charge in [-0.2, -0.15) is 0 Å². The van der Waals surface area contributed by atoms with Crippen molar-refractivity contribution in [3.05, 3.63) is 48.4 Å². The molecule has 1 amide bonds. The smallest absolute Gasteiger partial charge is 0.258 e. The summed E-state index contributed by atoms with van der Waals surface area (Å²) < 4.78 is 0. The van der Waals surface area contributed by atoms with E-state index in [1.807, 2.05) is 6.07 Å². The van der Waals surface area contributed by atoms with Gasteiger partial charge in [-0.3, -0.25) is 9.78 Å². The number of hydrogen-bond donors (Lipinski definition) is 2. The first-order chi connectivity index (χ1) is 8.31. The molecule has 2 heterocycles. The normalized spacial score (nSPS) is 9.71. The first-order valence-corrected chi connectivity index (χ1v) is 5.15. The molecule has 0 fully saturated rings. The van der Waals surface area contributed by atoms with Gasteiger partial charge in [0.1, 0.15) is 0 Å². The van der Waals surface area contributed by atoms with E-state index in [0.29, 0.717) is 11.4 Å². The molecule has 86 valence electrons. The van der Waals surface area contributed by atoms with E-state index in [1.165, 1.54) is 6.20 Å². The van der Waals surface area contributed by atoms with Gasteiger partial charge in [-0.05, 0) is 24.3 Å². The summed E-state index contributed by atoms with van der Waals surface area (Å²) in [5.74, 6) is 0.275. The molecule has 0 spiro atoms. The van der Waals surface area contributed by atoms with Crippen molar-refractivity contribution in [3.63, 3.8) is 0 Å². The van der Waals surface area contributed by atoms with Crippen LogP contribution in [0.4, 0.5) is 11.5 Å². The molecule has 0 radical (unpaired) electrons. The number of aromatic nitrogens is 2. The van der Waals surface area contributed by atoms with Gasteiger partial charge in [-0.25, -0.2) is 4.98 Å². The maximum Gasteiger partial charge on any atom is 0.258 e. The van der Waals surface area contributed by atoms with Crippen LogP contribution >= 0.6 is 0 Å². The average molecular weight is 228 g/mol. The van der Waals surface area contributed by atoms with Crippen LogP contribution in [0, 0.1) is 0 Å². The Labute approximate surface area is 98.9 Å². The molecule has 0 bridgehead atoms. The Kier molecular flexibility index (Phi) is 3.30. The second-order valence-corrected chi connectivity index (χ2v) is 3.35. The van der Waals surface area contributed by atoms with Crippen LogP contribution in [-0.4, -0.2) is 22.9 Å². The van der Waals surface area contributed by atoms with E-state index < -0.39 is 0 Å². The molecule has 0 saturated carbocycles. The van der Waals surface area contributed by atoms with E-state index >= 15 is 0 Å². The first kappa shape index (κ1) is 11.1. The van der Waals surface area contributed by atoms with E-state index in [9.17, 15) is 4.79 Å². The highest BCUT2D eigenvalue weighted by Gasteiger charge is 2.08. The van der Waals surface area contributed by atoms with Crippen molar-refractivity contribution >= 4 is 17.4 Å². The van der Waals surface area contributed by atoms with E-state index in [0.717, 1.165) is 5.69 Å². The molecule has 2 aromatic heterocycles. The molecular weight excluding hydrogens is 216 g/mol. The molecule has 2 aromatic rings. The van der Waals surface area contributed by atoms with Gasteiger partial charge in [-0.15, -0.1) is 0 Å². The predicted molar refractivity (Wildman–Crippen MR) is 66.0 cm³/mol. The molecule has 0 aliphatic heterocycles. The monoisotopic (exact) mass is 228 g/mol. The molecule has 0 unspecified atom stereocenters. The van der Waals surface area contributed by atoms with Gasteiger partial charge in [0.15, 0.2) is 5.82 Å². The summed E-state index contributed by atoms with van der Waals surface area (Å²) in [6.07, 6.45) is 4.76. The summed E-state index contributed by atoms with van der Waals surface area (Å²) in [6.45, 7) is 0. The molecule has 0 atom stereocenters. The third kappa shape index (κ3) is 2.57. The Morgan fingerprint density at radius 1 is 1.24 bits per heavy atom. The van der Waals surface area contributed by atoms with Crippen LogP contribution in [0.5, 0.6) is 0 Å². The van der Waals surface area contributed by atoms with Crippen LogP contribution in [0.3, 0.4) is 0 Å². The summed E-state index contributed by atoms with van der Waals surface area (Å²) in [5, 5.41) is 5.68. The molecule has 2 N–H and O–H groups in total. The summed E-state index contributed by atoms with van der Waals surface area (Å²) in [6, 6.07) is 7.05. The number of amides is 1. The maximum absolute atomic E-state index is 11.9. The van der Waals surface area contributed by atoms with Gasteiger partial charge < -0.3 is 10.6 Å². The fourth-order valence-electron chi connectivity index (χ4n) is 1.38. The Hall–Kier alpha value is -2.43. The lowest BCUT2D eigenvalue weighted by molar-refractivity contribution is 0.102. The summed E-state index contributed by atoms with van der Waals surface area (Å²) in [7, 11) is 1.77. The van der Waals surface area contributed by atoms with Crippen molar-refractivity contribution in [2.75, 3.05) is 17.7 Å². The van der Waals surface area contributed by atoms with E-state index in [2.05, 4.69) is 20.6 Å². The zero-order valence-corrected chi connectivity index (χ0v) is 9.34. The molecule has 0 saturated heterocycles. The van der Waals surface area contributed by atoms with Crippen LogP contribution in [-0.2, 0) is 0 Å². The Morgan fingerprint density at radius 3 is 2.76 bits per heavy atom. The molecule has 5 heteroatoms. The van der Waals surface area contributed by atoms with Gasteiger partial charge in [0.05, 0.1) is 11.3 Å². The van der Waals surface area contributed by atoms with Crippen LogP contribution in [0.1, 0.15) is 10.4 Å². The van der Waals surface area contributed by atoms with E-state index in [4.69, 9.17) is 0 Å². The zero-order valence-electron chi connectivity index (χ0n) is 9.34. The number of nitrogens with one attached hydrogen (secondary N) is 2. The second kappa shape index (κ2) is 5.07. The van der Waals surface area contributed by atoms with Gasteiger partial charge in [0.25, 0.3) is 5.91 Å². The number of rotatable bonds is 3. The topological polar surface area (TPSA) is 66.9 Å². The highest BCUT2D eigenvalue weighted by Crippen LogP contribution is 2.17. The van der Waals surface area contributed by atoms with Crippen molar-refractivity contribution in [3.8, 4) is 0 Å². The van der Waals surface area contributed by atoms with E-state index in [-0.39, 0.29) is 5.91 Å². The van der Waals surface area contributed by atoms with Gasteiger partial charge in [0, 0.05) is 25.6 Å². The van der Waals surface area contributed by atoms with Crippen LogP contribution in [0.15, 0.2) is 42.9 Å². The average Bonchev–Trinajstić information content (AvgIpc) is 2.40. The fourth-order valence-corrected chi connectivity index (χ4v) is 1.38. The molecule has 0 aromatic carbocycles. The second-order valence-electron chi connectivity index (χ2n) is 3.35. The summed E-state index contributed by atoms with van der Waals surface area (Å²) in [4.78, 5) is 19.9. The third-order valence-electron chi connectivity index (χ3n) is 2.23. The zero-order chi connectivity index (χ0) is 12.1. The number of hydrogen-bond acceptors (Lipinski definition) is 4. The summed E-state index contributed by atoms with van der Waals surface area (Å²) in [5.41, 5.74) is 1.27. The number of carbonyl (C=O) groups excluding carboxylic acids is 1. The van der Waals surface area contributed by atoms with Crippen LogP contribution in [0.2, 0.25) is 0 Å². The highest BCUT2D eigenvalue weighted by molar-refractivity contribution is 6.04. The van der Waals surface area contributed by atoms with Crippen molar-refractivity contribution in [2.45, 2.75) is 0 Å². The first-order valence-electron chi connectivity index (χ1n) is 5.15. The number of anilines is 2. The van der Waals surface area contributed by atoms with Crippen molar-refractivity contribution in [1.29, 1.82) is 0 Å². The lowest BCUT2D eigenvalue weighted by Crippen LogP contribution is -2.14. The summed E-state index contributed by atoms with van der Waals surface area (Å²) >= 11 is 0. The predicted octanol–water partition coefficient (Wildman–Crippen LogP) is 1.77. The van der Waals surface area contributed by atoms with Crippen molar-refractivity contribution in [1.82, 2.24) is 9.97 Å². The Balaban J connectivity index is 2.19. The van der Waals surface area contributed by atoms with Crippen LogP contribution < -0.4 is 10.6 Å². The number of carbonyl (C=O) groups is 1. The molecule has 0 aliphatic rings. The maximum atomic E-state index is 11.9. The molecule has 0 aliphatic carbocycles. The lowest BCUT2D eigenvalue weighted by Gasteiger charge is -2.08. The minimum atomic E-state index is -0.228. The molecular formula is C12H12N4O. The minimum absolute atomic E-state index is 0.228. The quantitative estimate of drug-likeness (QED) is 0.840. The number of nitrogens with zero attached hydrogens (tertiary/aromatic N) is 2. The number of pyridine rings is 2. The Morgan fingerprint density at radius 2 is 2.06 bits per heavy atom. The Bertz CT molecular complexity index is 513. The molecule has 17 heavy (non-hydrogen) atoms. The van der Waals surface area contributed by atoms with Gasteiger partial charge in [0.2, 0.25) is 0 Å². The fraction of sp³-hybridized carbons (Fsp3) is 0.0833. The molecule has 5 nitrogen and oxygen atoms in total. The van der Waals surface area contributed by atoms with E-state index in [1.54, 1.807) is 37.6 Å². The highest BCUT2D eigenvalue weighted by atomic mass is 16.1. The van der Waals surface area contributed by atoms with Crippen LogP contribution in [0.25, 0.3) is 0 Å².